The number of amides is 3. The molecule has 3 aliphatic heterocycles. The number of halogens is 2. The number of aromatic nitrogens is 1. The molecule has 0 radical (unpaired) electrons. The van der Waals surface area contributed by atoms with Crippen molar-refractivity contribution in [3.05, 3.63) is 23.5 Å². The van der Waals surface area contributed by atoms with Gasteiger partial charge in [0.25, 0.3) is 5.92 Å². The molecular weight excluding hydrogens is 544 g/mol. The normalized spacial score (nSPS) is 23.1. The largest absolute Gasteiger partial charge is 0.444 e. The number of pyridine rings is 1. The smallest absolute Gasteiger partial charge is 0.410 e. The average Bonchev–Trinajstić information content (AvgIpc) is 3.37. The van der Waals surface area contributed by atoms with E-state index in [1.807, 2.05) is 46.4 Å². The number of ether oxygens (including phenoxy) is 1. The Labute approximate surface area is 248 Å². The number of carbonyl (C=O) groups excluding carboxylic acids is 3. The molecule has 4 heterocycles. The van der Waals surface area contributed by atoms with Gasteiger partial charge in [0.05, 0.1) is 17.9 Å². The zero-order valence-electron chi connectivity index (χ0n) is 26.4. The van der Waals surface area contributed by atoms with Gasteiger partial charge < -0.3 is 19.4 Å². The summed E-state index contributed by atoms with van der Waals surface area (Å²) in [4.78, 5) is 51.0. The van der Waals surface area contributed by atoms with Crippen molar-refractivity contribution in [1.82, 2.24) is 19.7 Å². The van der Waals surface area contributed by atoms with Crippen molar-refractivity contribution in [3.8, 4) is 0 Å². The van der Waals surface area contributed by atoms with E-state index in [-0.39, 0.29) is 48.3 Å². The van der Waals surface area contributed by atoms with Crippen LogP contribution in [0.1, 0.15) is 85.9 Å². The summed E-state index contributed by atoms with van der Waals surface area (Å²) in [7, 11) is 0. The van der Waals surface area contributed by atoms with Crippen LogP contribution in [0.3, 0.4) is 0 Å². The highest BCUT2D eigenvalue weighted by atomic mass is 19.3. The Bertz CT molecular complexity index is 1200. The molecule has 4 rings (SSSR count). The number of carbonyl (C=O) groups is 3. The van der Waals surface area contributed by atoms with E-state index < -0.39 is 23.0 Å². The molecule has 3 aliphatic rings. The minimum Gasteiger partial charge on any atom is -0.444 e. The van der Waals surface area contributed by atoms with Crippen LogP contribution in [-0.2, 0) is 25.7 Å². The molecule has 2 atom stereocenters. The molecule has 1 aromatic heterocycles. The van der Waals surface area contributed by atoms with Crippen molar-refractivity contribution in [2.24, 2.45) is 5.92 Å². The second kappa shape index (κ2) is 11.7. The zero-order valence-corrected chi connectivity index (χ0v) is 26.4. The molecular formula is C31H47F2N5O4. The fraction of sp³-hybridized carbons (Fsp3) is 0.742. The maximum absolute atomic E-state index is 15.1. The van der Waals surface area contributed by atoms with Crippen molar-refractivity contribution in [2.75, 3.05) is 44.2 Å². The predicted octanol–water partition coefficient (Wildman–Crippen LogP) is 4.78. The third-order valence-corrected chi connectivity index (χ3v) is 8.26. The fourth-order valence-corrected chi connectivity index (χ4v) is 6.25. The predicted molar refractivity (Wildman–Crippen MR) is 157 cm³/mol. The summed E-state index contributed by atoms with van der Waals surface area (Å²) in [5.41, 5.74) is -0.282. The minimum absolute atomic E-state index is 0.0291. The lowest BCUT2D eigenvalue weighted by Crippen LogP contribution is -2.63. The maximum atomic E-state index is 15.1. The van der Waals surface area contributed by atoms with E-state index in [0.29, 0.717) is 50.5 Å². The van der Waals surface area contributed by atoms with Crippen molar-refractivity contribution in [3.63, 3.8) is 0 Å². The molecule has 0 aromatic carbocycles. The summed E-state index contributed by atoms with van der Waals surface area (Å²) < 4.78 is 35.8. The maximum Gasteiger partial charge on any atom is 0.410 e. The minimum atomic E-state index is -3.06. The van der Waals surface area contributed by atoms with Gasteiger partial charge in [-0.15, -0.1) is 0 Å². The first kappa shape index (κ1) is 32.1. The molecule has 0 bridgehead atoms. The summed E-state index contributed by atoms with van der Waals surface area (Å²) in [5, 5.41) is 0. The number of fused-ring (bicyclic) bond motifs is 1. The second-order valence-corrected chi connectivity index (χ2v) is 14.3. The number of nitrogens with zero attached hydrogens (tertiary/aromatic N) is 5. The number of hydrogen-bond acceptors (Lipinski definition) is 6. The number of hydrogen-bond donors (Lipinski definition) is 0. The Kier molecular flexibility index (Phi) is 8.94. The number of likely N-dealkylation sites (tertiary alicyclic amines) is 1. The van der Waals surface area contributed by atoms with E-state index in [0.717, 1.165) is 6.42 Å². The van der Waals surface area contributed by atoms with Crippen LogP contribution in [-0.4, -0.2) is 94.5 Å². The highest BCUT2D eigenvalue weighted by Crippen LogP contribution is 2.43. The van der Waals surface area contributed by atoms with Gasteiger partial charge in [-0.05, 0) is 46.1 Å². The standard InChI is InChI=1S/C31H47F2N5O4/c1-20(2)13-31(32,33)22-12-24-27(34-14-22)30(7,8)19-38(24)26(40)18-36-15-21(3)37(28(41)42-29(4,5)6)17-23(36)16-35-11-9-10-25(35)39/h12,14,20-21,23H,9-11,13,15-19H2,1-8H3/t21-,23+/m1/s1. The average molecular weight is 592 g/mol. The zero-order chi connectivity index (χ0) is 31.2. The van der Waals surface area contributed by atoms with Gasteiger partial charge in [-0.25, -0.2) is 13.6 Å². The van der Waals surface area contributed by atoms with Gasteiger partial charge in [-0.1, -0.05) is 27.7 Å². The SMILES string of the molecule is CC(C)CC(F)(F)c1cnc2c(c1)N(C(=O)CN1C[C@@H](C)N(C(=O)OC(C)(C)C)C[C@@H]1CN1CCCC1=O)CC2(C)C. The van der Waals surface area contributed by atoms with Gasteiger partial charge in [0, 0.05) is 74.8 Å². The van der Waals surface area contributed by atoms with E-state index in [9.17, 15) is 14.4 Å². The lowest BCUT2D eigenvalue weighted by Gasteiger charge is -2.46. The van der Waals surface area contributed by atoms with Crippen LogP contribution in [0.2, 0.25) is 0 Å². The topological polar surface area (TPSA) is 86.3 Å². The van der Waals surface area contributed by atoms with E-state index in [2.05, 4.69) is 4.98 Å². The van der Waals surface area contributed by atoms with E-state index in [1.54, 1.807) is 28.5 Å². The van der Waals surface area contributed by atoms with Crippen molar-refractivity contribution in [1.29, 1.82) is 0 Å². The van der Waals surface area contributed by atoms with Crippen LogP contribution >= 0.6 is 0 Å². The number of rotatable bonds is 7. The Morgan fingerprint density at radius 1 is 1.19 bits per heavy atom. The molecule has 234 valence electrons. The first-order chi connectivity index (χ1) is 19.4. The highest BCUT2D eigenvalue weighted by Gasteiger charge is 2.44. The van der Waals surface area contributed by atoms with Gasteiger partial charge >= 0.3 is 6.09 Å². The van der Waals surface area contributed by atoms with Gasteiger partial charge in [-0.2, -0.15) is 0 Å². The van der Waals surface area contributed by atoms with Crippen molar-refractivity contribution >= 4 is 23.6 Å². The third kappa shape index (κ3) is 7.03. The molecule has 2 fully saturated rings. The van der Waals surface area contributed by atoms with Crippen LogP contribution < -0.4 is 4.90 Å². The Balaban J connectivity index is 1.58. The van der Waals surface area contributed by atoms with Gasteiger partial charge in [0.1, 0.15) is 5.60 Å². The van der Waals surface area contributed by atoms with Crippen molar-refractivity contribution in [2.45, 2.75) is 104 Å². The quantitative estimate of drug-likeness (QED) is 0.454. The fourth-order valence-electron chi connectivity index (χ4n) is 6.25. The number of anilines is 1. The van der Waals surface area contributed by atoms with Crippen molar-refractivity contribution < 1.29 is 27.9 Å². The number of piperazine rings is 1. The molecule has 0 unspecified atom stereocenters. The summed E-state index contributed by atoms with van der Waals surface area (Å²) >= 11 is 0. The highest BCUT2D eigenvalue weighted by molar-refractivity contribution is 5.97. The van der Waals surface area contributed by atoms with E-state index in [1.165, 1.54) is 12.3 Å². The summed E-state index contributed by atoms with van der Waals surface area (Å²) in [6, 6.07) is 0.916. The Morgan fingerprint density at radius 3 is 2.48 bits per heavy atom. The molecule has 1 aromatic rings. The molecule has 0 saturated carbocycles. The lowest BCUT2D eigenvalue weighted by atomic mass is 9.90. The second-order valence-electron chi connectivity index (χ2n) is 14.3. The van der Waals surface area contributed by atoms with Crippen LogP contribution in [0.5, 0.6) is 0 Å². The molecule has 11 heteroatoms. The first-order valence-electron chi connectivity index (χ1n) is 15.1. The molecule has 0 N–H and O–H groups in total. The van der Waals surface area contributed by atoms with Crippen LogP contribution in [0.4, 0.5) is 19.3 Å². The third-order valence-electron chi connectivity index (χ3n) is 8.26. The van der Waals surface area contributed by atoms with E-state index >= 15 is 8.78 Å². The summed E-state index contributed by atoms with van der Waals surface area (Å²) in [6.45, 7) is 16.9. The van der Waals surface area contributed by atoms with E-state index in [4.69, 9.17) is 4.74 Å². The molecule has 9 nitrogen and oxygen atoms in total. The molecule has 0 aliphatic carbocycles. The van der Waals surface area contributed by atoms with Crippen LogP contribution in [0.25, 0.3) is 0 Å². The first-order valence-corrected chi connectivity index (χ1v) is 15.1. The Morgan fingerprint density at radius 2 is 1.88 bits per heavy atom. The molecule has 42 heavy (non-hydrogen) atoms. The monoisotopic (exact) mass is 591 g/mol. The van der Waals surface area contributed by atoms with Gasteiger partial charge in [0.15, 0.2) is 0 Å². The molecule has 2 saturated heterocycles. The Hall–Kier alpha value is -2.82. The van der Waals surface area contributed by atoms with Gasteiger partial charge in [0.2, 0.25) is 11.8 Å². The van der Waals surface area contributed by atoms with Gasteiger partial charge in [-0.3, -0.25) is 19.5 Å². The molecule has 0 spiro atoms. The lowest BCUT2D eigenvalue weighted by molar-refractivity contribution is -0.129. The number of alkyl halides is 2. The summed E-state index contributed by atoms with van der Waals surface area (Å²) in [5.74, 6) is -3.41. The summed E-state index contributed by atoms with van der Waals surface area (Å²) in [6.07, 6.45) is 1.80. The van der Waals surface area contributed by atoms with Crippen LogP contribution in [0, 0.1) is 5.92 Å². The molecule has 3 amide bonds. The van der Waals surface area contributed by atoms with Crippen LogP contribution in [0.15, 0.2) is 12.3 Å².